The van der Waals surface area contributed by atoms with E-state index in [2.05, 4.69) is 10.3 Å². The third-order valence-corrected chi connectivity index (χ3v) is 2.63. The van der Waals surface area contributed by atoms with Gasteiger partial charge in [-0.05, 0) is 25.0 Å². The number of anilines is 1. The van der Waals surface area contributed by atoms with Gasteiger partial charge in [0.05, 0.1) is 5.56 Å². The maximum absolute atomic E-state index is 12.5. The summed E-state index contributed by atoms with van der Waals surface area (Å²) in [6, 6.07) is 3.80. The summed E-state index contributed by atoms with van der Waals surface area (Å²) in [5.41, 5.74) is -0.871. The average molecular weight is 257 g/mol. The molecule has 0 saturated heterocycles. The van der Waals surface area contributed by atoms with Crippen molar-refractivity contribution in [2.45, 2.75) is 38.9 Å². The molecule has 0 atom stereocenters. The standard InChI is InChI=1S/C12H14F3N3/c1-3-9(4-2)17-11-8(7-16)5-6-10(18-11)12(13,14)15/h5-6,9H,3-4H2,1-2H3,(H,17,18). The first kappa shape index (κ1) is 14.3. The number of halogens is 3. The summed E-state index contributed by atoms with van der Waals surface area (Å²) in [6.07, 6.45) is -3.00. The lowest BCUT2D eigenvalue weighted by Gasteiger charge is -2.17. The Morgan fingerprint density at radius 3 is 2.39 bits per heavy atom. The van der Waals surface area contributed by atoms with E-state index >= 15 is 0 Å². The molecule has 98 valence electrons. The number of alkyl halides is 3. The number of hydrogen-bond acceptors (Lipinski definition) is 3. The molecule has 0 radical (unpaired) electrons. The monoisotopic (exact) mass is 257 g/mol. The molecule has 3 nitrogen and oxygen atoms in total. The Balaban J connectivity index is 3.11. The van der Waals surface area contributed by atoms with Crippen molar-refractivity contribution in [2.75, 3.05) is 5.32 Å². The Labute approximate surface area is 104 Å². The lowest BCUT2D eigenvalue weighted by Crippen LogP contribution is -2.20. The van der Waals surface area contributed by atoms with E-state index < -0.39 is 11.9 Å². The van der Waals surface area contributed by atoms with E-state index in [0.717, 1.165) is 25.0 Å². The van der Waals surface area contributed by atoms with E-state index in [9.17, 15) is 13.2 Å². The molecule has 1 aromatic rings. The summed E-state index contributed by atoms with van der Waals surface area (Å²) in [5, 5.41) is 11.7. The molecule has 0 aromatic carbocycles. The number of rotatable bonds is 4. The molecule has 0 aliphatic carbocycles. The third kappa shape index (κ3) is 3.36. The van der Waals surface area contributed by atoms with Crippen molar-refractivity contribution in [3.8, 4) is 6.07 Å². The highest BCUT2D eigenvalue weighted by Gasteiger charge is 2.33. The topological polar surface area (TPSA) is 48.7 Å². The first-order valence-electron chi connectivity index (χ1n) is 5.67. The Hall–Kier alpha value is -1.77. The summed E-state index contributed by atoms with van der Waals surface area (Å²) in [5.74, 6) is 0.000949. The Morgan fingerprint density at radius 1 is 1.33 bits per heavy atom. The number of nitriles is 1. The minimum Gasteiger partial charge on any atom is -0.366 e. The molecular formula is C12H14F3N3. The number of pyridine rings is 1. The van der Waals surface area contributed by atoms with Gasteiger partial charge < -0.3 is 5.32 Å². The van der Waals surface area contributed by atoms with Gasteiger partial charge in [0.25, 0.3) is 0 Å². The van der Waals surface area contributed by atoms with E-state index in [1.807, 2.05) is 19.9 Å². The number of nitrogens with one attached hydrogen (secondary N) is 1. The third-order valence-electron chi connectivity index (χ3n) is 2.63. The molecule has 18 heavy (non-hydrogen) atoms. The molecule has 0 unspecified atom stereocenters. The number of aromatic nitrogens is 1. The molecule has 1 N–H and O–H groups in total. The van der Waals surface area contributed by atoms with E-state index in [-0.39, 0.29) is 17.4 Å². The van der Waals surface area contributed by atoms with Gasteiger partial charge in [-0.1, -0.05) is 13.8 Å². The lowest BCUT2D eigenvalue weighted by atomic mass is 10.1. The quantitative estimate of drug-likeness (QED) is 0.896. The SMILES string of the molecule is CCC(CC)Nc1nc(C(F)(F)F)ccc1C#N. The maximum atomic E-state index is 12.5. The van der Waals surface area contributed by atoms with Crippen LogP contribution in [0, 0.1) is 11.3 Å². The Kier molecular flexibility index (Phi) is 4.54. The molecule has 0 saturated carbocycles. The lowest BCUT2D eigenvalue weighted by molar-refractivity contribution is -0.141. The van der Waals surface area contributed by atoms with Crippen molar-refractivity contribution in [1.29, 1.82) is 5.26 Å². The van der Waals surface area contributed by atoms with Gasteiger partial charge in [-0.15, -0.1) is 0 Å². The summed E-state index contributed by atoms with van der Waals surface area (Å²) < 4.78 is 37.6. The van der Waals surface area contributed by atoms with Gasteiger partial charge in [0, 0.05) is 6.04 Å². The van der Waals surface area contributed by atoms with Crippen molar-refractivity contribution in [3.63, 3.8) is 0 Å². The van der Waals surface area contributed by atoms with Crippen LogP contribution < -0.4 is 5.32 Å². The summed E-state index contributed by atoms with van der Waals surface area (Å²) >= 11 is 0. The first-order chi connectivity index (χ1) is 8.42. The maximum Gasteiger partial charge on any atom is 0.433 e. The minimum absolute atomic E-state index is 0.000949. The van der Waals surface area contributed by atoms with Gasteiger partial charge >= 0.3 is 6.18 Å². The second-order valence-corrected chi connectivity index (χ2v) is 3.86. The minimum atomic E-state index is -4.50. The molecule has 1 aromatic heterocycles. The zero-order chi connectivity index (χ0) is 13.8. The van der Waals surface area contributed by atoms with Crippen LogP contribution in [-0.2, 0) is 6.18 Å². The molecular weight excluding hydrogens is 243 g/mol. The largest absolute Gasteiger partial charge is 0.433 e. The van der Waals surface area contributed by atoms with Crippen molar-refractivity contribution < 1.29 is 13.2 Å². The first-order valence-corrected chi connectivity index (χ1v) is 5.67. The van der Waals surface area contributed by atoms with Crippen LogP contribution in [0.3, 0.4) is 0 Å². The van der Waals surface area contributed by atoms with Crippen molar-refractivity contribution >= 4 is 5.82 Å². The molecule has 0 fully saturated rings. The van der Waals surface area contributed by atoms with Gasteiger partial charge in [-0.3, -0.25) is 0 Å². The highest BCUT2D eigenvalue weighted by atomic mass is 19.4. The van der Waals surface area contributed by atoms with Crippen LogP contribution in [0.25, 0.3) is 0 Å². The Morgan fingerprint density at radius 2 is 1.94 bits per heavy atom. The highest BCUT2D eigenvalue weighted by Crippen LogP contribution is 2.29. The van der Waals surface area contributed by atoms with Gasteiger partial charge in [0.15, 0.2) is 0 Å². The molecule has 0 bridgehead atoms. The molecule has 0 aliphatic rings. The van der Waals surface area contributed by atoms with Crippen LogP contribution in [0.1, 0.15) is 37.9 Å². The van der Waals surface area contributed by atoms with Crippen LogP contribution in [-0.4, -0.2) is 11.0 Å². The normalized spacial score (nSPS) is 11.4. The zero-order valence-electron chi connectivity index (χ0n) is 10.2. The van der Waals surface area contributed by atoms with Crippen LogP contribution >= 0.6 is 0 Å². The molecule has 1 heterocycles. The summed E-state index contributed by atoms with van der Waals surface area (Å²) in [6.45, 7) is 3.83. The van der Waals surface area contributed by atoms with Gasteiger partial charge in [0.2, 0.25) is 0 Å². The van der Waals surface area contributed by atoms with E-state index in [4.69, 9.17) is 5.26 Å². The van der Waals surface area contributed by atoms with Gasteiger partial charge in [0.1, 0.15) is 17.6 Å². The fourth-order valence-electron chi connectivity index (χ4n) is 1.50. The molecule has 1 rings (SSSR count). The smallest absolute Gasteiger partial charge is 0.366 e. The summed E-state index contributed by atoms with van der Waals surface area (Å²) in [7, 11) is 0. The predicted octanol–water partition coefficient (Wildman–Crippen LogP) is 3.57. The second-order valence-electron chi connectivity index (χ2n) is 3.86. The van der Waals surface area contributed by atoms with Crippen LogP contribution in [0.2, 0.25) is 0 Å². The molecule has 6 heteroatoms. The number of nitrogens with zero attached hydrogens (tertiary/aromatic N) is 2. The van der Waals surface area contributed by atoms with E-state index in [1.54, 1.807) is 0 Å². The molecule has 0 amide bonds. The highest BCUT2D eigenvalue weighted by molar-refractivity contribution is 5.53. The van der Waals surface area contributed by atoms with Crippen LogP contribution in [0.4, 0.5) is 19.0 Å². The van der Waals surface area contributed by atoms with E-state index in [0.29, 0.717) is 0 Å². The fraction of sp³-hybridized carbons (Fsp3) is 0.500. The van der Waals surface area contributed by atoms with Crippen LogP contribution in [0.15, 0.2) is 12.1 Å². The van der Waals surface area contributed by atoms with Crippen molar-refractivity contribution in [3.05, 3.63) is 23.4 Å². The van der Waals surface area contributed by atoms with Gasteiger partial charge in [-0.25, -0.2) is 4.98 Å². The number of hydrogen-bond donors (Lipinski definition) is 1. The predicted molar refractivity (Wildman–Crippen MR) is 61.9 cm³/mol. The van der Waals surface area contributed by atoms with Crippen molar-refractivity contribution in [2.24, 2.45) is 0 Å². The average Bonchev–Trinajstić information content (AvgIpc) is 2.34. The van der Waals surface area contributed by atoms with E-state index in [1.165, 1.54) is 0 Å². The van der Waals surface area contributed by atoms with Crippen LogP contribution in [0.5, 0.6) is 0 Å². The molecule has 0 aliphatic heterocycles. The zero-order valence-corrected chi connectivity index (χ0v) is 10.2. The van der Waals surface area contributed by atoms with Gasteiger partial charge in [-0.2, -0.15) is 18.4 Å². The Bertz CT molecular complexity index is 445. The molecule has 0 spiro atoms. The summed E-state index contributed by atoms with van der Waals surface area (Å²) in [4.78, 5) is 3.49. The second kappa shape index (κ2) is 5.71. The fourth-order valence-corrected chi connectivity index (χ4v) is 1.50. The van der Waals surface area contributed by atoms with Crippen molar-refractivity contribution in [1.82, 2.24) is 4.98 Å².